The van der Waals surface area contributed by atoms with Gasteiger partial charge in [0, 0.05) is 5.02 Å². The molecule has 1 N–H and O–H groups in total. The SMILES string of the molecule is CCO/C(Cc1ccc(Cl)cc1)=N/NC=O. The van der Waals surface area contributed by atoms with E-state index in [1.54, 1.807) is 12.1 Å². The van der Waals surface area contributed by atoms with E-state index in [1.165, 1.54) is 0 Å². The van der Waals surface area contributed by atoms with E-state index in [-0.39, 0.29) is 0 Å². The lowest BCUT2D eigenvalue weighted by Crippen LogP contribution is -2.14. The minimum absolute atomic E-state index is 0.469. The van der Waals surface area contributed by atoms with Crippen molar-refractivity contribution in [2.45, 2.75) is 13.3 Å². The Bertz CT molecular complexity index is 363. The first-order valence-corrected chi connectivity index (χ1v) is 5.27. The first kappa shape index (κ1) is 12.5. The standard InChI is InChI=1S/C11H13ClN2O2/c1-2-16-11(14-13-8-15)7-9-3-5-10(12)6-4-9/h3-6,8H,2,7H2,1H3,(H,13,15)/b14-11+. The highest BCUT2D eigenvalue weighted by Crippen LogP contribution is 2.10. The molecule has 0 aliphatic rings. The van der Waals surface area contributed by atoms with Gasteiger partial charge in [0.2, 0.25) is 12.3 Å². The molecule has 0 unspecified atom stereocenters. The number of carbonyl (C=O) groups excluding carboxylic acids is 1. The number of amides is 1. The number of benzene rings is 1. The average molecular weight is 241 g/mol. The molecule has 0 fully saturated rings. The lowest BCUT2D eigenvalue weighted by Gasteiger charge is -2.06. The smallest absolute Gasteiger partial charge is 0.227 e. The highest BCUT2D eigenvalue weighted by atomic mass is 35.5. The van der Waals surface area contributed by atoms with Gasteiger partial charge in [-0.1, -0.05) is 23.7 Å². The van der Waals surface area contributed by atoms with Gasteiger partial charge in [-0.25, -0.2) is 5.43 Å². The van der Waals surface area contributed by atoms with Crippen LogP contribution in [0.5, 0.6) is 0 Å². The van der Waals surface area contributed by atoms with Gasteiger partial charge in [-0.15, -0.1) is 5.10 Å². The van der Waals surface area contributed by atoms with Crippen LogP contribution in [0.1, 0.15) is 12.5 Å². The molecular weight excluding hydrogens is 228 g/mol. The third-order valence-corrected chi connectivity index (χ3v) is 2.07. The van der Waals surface area contributed by atoms with E-state index in [9.17, 15) is 4.79 Å². The number of nitrogens with one attached hydrogen (secondary N) is 1. The van der Waals surface area contributed by atoms with Crippen LogP contribution < -0.4 is 5.43 Å². The molecule has 5 heteroatoms. The number of hydrogen-bond donors (Lipinski definition) is 1. The minimum Gasteiger partial charge on any atom is -0.480 e. The first-order chi connectivity index (χ1) is 7.76. The summed E-state index contributed by atoms with van der Waals surface area (Å²) in [5.41, 5.74) is 3.24. The molecule has 1 amide bonds. The van der Waals surface area contributed by atoms with Crippen LogP contribution in [0.4, 0.5) is 0 Å². The maximum atomic E-state index is 10.1. The van der Waals surface area contributed by atoms with E-state index in [0.717, 1.165) is 5.56 Å². The molecule has 1 aromatic carbocycles. The third-order valence-electron chi connectivity index (χ3n) is 1.82. The summed E-state index contributed by atoms with van der Waals surface area (Å²) in [5.74, 6) is 0.469. The molecule has 0 bridgehead atoms. The fourth-order valence-corrected chi connectivity index (χ4v) is 1.29. The average Bonchev–Trinajstić information content (AvgIpc) is 2.29. The van der Waals surface area contributed by atoms with Crippen molar-refractivity contribution in [2.75, 3.05) is 6.61 Å². The largest absolute Gasteiger partial charge is 0.480 e. The van der Waals surface area contributed by atoms with E-state index >= 15 is 0 Å². The summed E-state index contributed by atoms with van der Waals surface area (Å²) in [7, 11) is 0. The number of halogens is 1. The number of ether oxygens (including phenoxy) is 1. The van der Waals surface area contributed by atoms with Crippen molar-refractivity contribution in [2.24, 2.45) is 5.10 Å². The Balaban J connectivity index is 2.67. The van der Waals surface area contributed by atoms with Crippen molar-refractivity contribution >= 4 is 23.9 Å². The van der Waals surface area contributed by atoms with Gasteiger partial charge in [-0.05, 0) is 24.6 Å². The summed E-state index contributed by atoms with van der Waals surface area (Å²) >= 11 is 5.77. The van der Waals surface area contributed by atoms with E-state index in [1.807, 2.05) is 19.1 Å². The van der Waals surface area contributed by atoms with E-state index in [2.05, 4.69) is 10.5 Å². The van der Waals surface area contributed by atoms with Gasteiger partial charge < -0.3 is 4.74 Å². The predicted molar refractivity (Wildman–Crippen MR) is 63.4 cm³/mol. The number of rotatable bonds is 5. The molecule has 0 aliphatic heterocycles. The van der Waals surface area contributed by atoms with Crippen LogP contribution in [-0.2, 0) is 16.0 Å². The quantitative estimate of drug-likeness (QED) is 0.370. The molecule has 1 aromatic rings. The normalized spacial score (nSPS) is 11.0. The van der Waals surface area contributed by atoms with Crippen molar-refractivity contribution in [1.82, 2.24) is 5.43 Å². The number of carbonyl (C=O) groups is 1. The topological polar surface area (TPSA) is 50.7 Å². The van der Waals surface area contributed by atoms with Crippen LogP contribution in [0.25, 0.3) is 0 Å². The number of hydrazone groups is 1. The summed E-state index contributed by atoms with van der Waals surface area (Å²) in [6.07, 6.45) is 1.02. The van der Waals surface area contributed by atoms with E-state index < -0.39 is 0 Å². The monoisotopic (exact) mass is 240 g/mol. The summed E-state index contributed by atoms with van der Waals surface area (Å²) in [5, 5.41) is 4.48. The first-order valence-electron chi connectivity index (χ1n) is 4.89. The second-order valence-corrected chi connectivity index (χ2v) is 3.43. The van der Waals surface area contributed by atoms with Gasteiger partial charge in [0.25, 0.3) is 0 Å². The Hall–Kier alpha value is -1.55. The summed E-state index contributed by atoms with van der Waals surface area (Å²) in [6.45, 7) is 2.37. The van der Waals surface area contributed by atoms with Crippen molar-refractivity contribution in [3.63, 3.8) is 0 Å². The molecule has 0 heterocycles. The Morgan fingerprint density at radius 1 is 1.50 bits per heavy atom. The van der Waals surface area contributed by atoms with Gasteiger partial charge >= 0.3 is 0 Å². The van der Waals surface area contributed by atoms with E-state index in [0.29, 0.717) is 30.4 Å². The zero-order chi connectivity index (χ0) is 11.8. The van der Waals surface area contributed by atoms with Crippen LogP contribution in [0.2, 0.25) is 5.02 Å². The molecule has 0 atom stereocenters. The molecule has 0 saturated carbocycles. The maximum Gasteiger partial charge on any atom is 0.227 e. The fourth-order valence-electron chi connectivity index (χ4n) is 1.16. The van der Waals surface area contributed by atoms with Gasteiger partial charge in [0.05, 0.1) is 13.0 Å². The molecule has 0 aliphatic carbocycles. The molecule has 0 saturated heterocycles. The Morgan fingerprint density at radius 2 is 2.19 bits per heavy atom. The number of hydrogen-bond acceptors (Lipinski definition) is 3. The van der Waals surface area contributed by atoms with Crippen molar-refractivity contribution in [1.29, 1.82) is 0 Å². The lowest BCUT2D eigenvalue weighted by atomic mass is 10.1. The second-order valence-electron chi connectivity index (χ2n) is 2.99. The zero-order valence-electron chi connectivity index (χ0n) is 8.94. The van der Waals surface area contributed by atoms with Gasteiger partial charge in [0.15, 0.2) is 0 Å². The van der Waals surface area contributed by atoms with Gasteiger partial charge in [-0.3, -0.25) is 4.79 Å². The molecule has 0 spiro atoms. The lowest BCUT2D eigenvalue weighted by molar-refractivity contribution is -0.109. The van der Waals surface area contributed by atoms with Gasteiger partial charge in [-0.2, -0.15) is 0 Å². The third kappa shape index (κ3) is 4.31. The molecule has 1 rings (SSSR count). The highest BCUT2D eigenvalue weighted by Gasteiger charge is 2.02. The van der Waals surface area contributed by atoms with Crippen LogP contribution in [0.3, 0.4) is 0 Å². The molecule has 0 radical (unpaired) electrons. The molecular formula is C11H13ClN2O2. The molecule has 16 heavy (non-hydrogen) atoms. The minimum atomic E-state index is 0.469. The van der Waals surface area contributed by atoms with Crippen LogP contribution in [-0.4, -0.2) is 18.9 Å². The Labute approximate surface area is 99.2 Å². The van der Waals surface area contributed by atoms with Gasteiger partial charge in [0.1, 0.15) is 0 Å². The van der Waals surface area contributed by atoms with Crippen molar-refractivity contribution in [3.8, 4) is 0 Å². The summed E-state index contributed by atoms with van der Waals surface area (Å²) in [6, 6.07) is 7.37. The van der Waals surface area contributed by atoms with Crippen molar-refractivity contribution in [3.05, 3.63) is 34.9 Å². The molecule has 86 valence electrons. The molecule has 4 nitrogen and oxygen atoms in total. The fraction of sp³-hybridized carbons (Fsp3) is 0.273. The van der Waals surface area contributed by atoms with Crippen LogP contribution in [0, 0.1) is 0 Å². The highest BCUT2D eigenvalue weighted by molar-refractivity contribution is 6.30. The van der Waals surface area contributed by atoms with E-state index in [4.69, 9.17) is 16.3 Å². The van der Waals surface area contributed by atoms with Crippen molar-refractivity contribution < 1.29 is 9.53 Å². The predicted octanol–water partition coefficient (Wildman–Crippen LogP) is 1.98. The van der Waals surface area contributed by atoms with Crippen LogP contribution in [0.15, 0.2) is 29.4 Å². The second kappa shape index (κ2) is 6.85. The number of nitrogens with zero attached hydrogens (tertiary/aromatic N) is 1. The van der Waals surface area contributed by atoms with Crippen LogP contribution >= 0.6 is 11.6 Å². The summed E-state index contributed by atoms with van der Waals surface area (Å²) in [4.78, 5) is 10.1. The maximum absolute atomic E-state index is 10.1. The summed E-state index contributed by atoms with van der Waals surface area (Å²) < 4.78 is 5.27. The zero-order valence-corrected chi connectivity index (χ0v) is 9.70. The Morgan fingerprint density at radius 3 is 2.75 bits per heavy atom. The molecule has 0 aromatic heterocycles. The Kier molecular flexibility index (Phi) is 5.36.